The molecule has 140 valence electrons. The van der Waals surface area contributed by atoms with Crippen molar-refractivity contribution in [3.8, 4) is 0 Å². The average molecular weight is 425 g/mol. The third-order valence-corrected chi connectivity index (χ3v) is 6.19. The lowest BCUT2D eigenvalue weighted by Gasteiger charge is -2.09. The van der Waals surface area contributed by atoms with Crippen molar-refractivity contribution >= 4 is 44.6 Å². The Labute approximate surface area is 164 Å². The number of rotatable bonds is 6. The van der Waals surface area contributed by atoms with Crippen molar-refractivity contribution in [2.24, 2.45) is 0 Å². The zero-order chi connectivity index (χ0) is 19.4. The maximum atomic E-state index is 13.1. The Hall–Kier alpha value is -2.26. The maximum Gasteiger partial charge on any atom is 0.255 e. The van der Waals surface area contributed by atoms with Crippen LogP contribution < -0.4 is 10.0 Å². The number of nitrogens with one attached hydrogen (secondary N) is 2. The average Bonchev–Trinajstić information content (AvgIpc) is 3.16. The van der Waals surface area contributed by atoms with Gasteiger partial charge in [-0.15, -0.1) is 11.3 Å². The van der Waals surface area contributed by atoms with Gasteiger partial charge in [-0.1, -0.05) is 23.7 Å². The molecule has 0 saturated heterocycles. The Balaban J connectivity index is 1.76. The van der Waals surface area contributed by atoms with Gasteiger partial charge in [0.1, 0.15) is 5.82 Å². The Kier molecular flexibility index (Phi) is 5.91. The number of hydrogen-bond donors (Lipinski definition) is 2. The van der Waals surface area contributed by atoms with E-state index in [1.54, 1.807) is 0 Å². The van der Waals surface area contributed by atoms with E-state index in [0.717, 1.165) is 17.0 Å². The van der Waals surface area contributed by atoms with Crippen molar-refractivity contribution in [3.05, 3.63) is 81.3 Å². The normalized spacial score (nSPS) is 11.3. The summed E-state index contributed by atoms with van der Waals surface area (Å²) in [5.74, 6) is -1.08. The maximum absolute atomic E-state index is 13.1. The van der Waals surface area contributed by atoms with E-state index < -0.39 is 21.7 Å². The summed E-state index contributed by atoms with van der Waals surface area (Å²) >= 11 is 7.34. The molecule has 0 radical (unpaired) electrons. The van der Waals surface area contributed by atoms with Gasteiger partial charge < -0.3 is 5.32 Å². The standard InChI is InChI=1S/C18H14ClFN2O3S2/c19-16-10-13(20)6-7-17(16)22-18(23)12-3-1-5-15(9-12)27(24,25)21-11-14-4-2-8-26-14/h1-10,21H,11H2,(H,22,23). The molecule has 0 unspecified atom stereocenters. The van der Waals surface area contributed by atoms with Gasteiger partial charge in [0.05, 0.1) is 15.6 Å². The molecule has 2 aromatic carbocycles. The summed E-state index contributed by atoms with van der Waals surface area (Å²) in [7, 11) is -3.78. The van der Waals surface area contributed by atoms with Gasteiger partial charge in [0, 0.05) is 17.0 Å². The van der Waals surface area contributed by atoms with Crippen LogP contribution in [0.1, 0.15) is 15.2 Å². The van der Waals surface area contributed by atoms with Crippen molar-refractivity contribution in [2.45, 2.75) is 11.4 Å². The lowest BCUT2D eigenvalue weighted by molar-refractivity contribution is 0.102. The number of hydrogen-bond acceptors (Lipinski definition) is 4. The molecule has 0 aliphatic rings. The molecule has 5 nitrogen and oxygen atoms in total. The molecule has 0 aliphatic heterocycles. The van der Waals surface area contributed by atoms with Crippen LogP contribution in [0.2, 0.25) is 5.02 Å². The SMILES string of the molecule is O=C(Nc1ccc(F)cc1Cl)c1cccc(S(=O)(=O)NCc2cccs2)c1. The first-order valence-corrected chi connectivity index (χ1v) is 10.5. The molecule has 3 aromatic rings. The van der Waals surface area contributed by atoms with E-state index in [2.05, 4.69) is 10.0 Å². The third kappa shape index (κ3) is 4.92. The van der Waals surface area contributed by atoms with Crippen LogP contribution in [0.15, 0.2) is 64.9 Å². The number of carbonyl (C=O) groups is 1. The minimum absolute atomic E-state index is 0.0306. The van der Waals surface area contributed by atoms with E-state index in [0.29, 0.717) is 0 Å². The second-order valence-electron chi connectivity index (χ2n) is 5.51. The van der Waals surface area contributed by atoms with E-state index in [1.165, 1.54) is 41.7 Å². The van der Waals surface area contributed by atoms with Crippen LogP contribution in [0, 0.1) is 5.82 Å². The Morgan fingerprint density at radius 2 is 1.93 bits per heavy atom. The zero-order valence-corrected chi connectivity index (χ0v) is 16.2. The van der Waals surface area contributed by atoms with Gasteiger partial charge in [0.25, 0.3) is 5.91 Å². The largest absolute Gasteiger partial charge is 0.321 e. The highest BCUT2D eigenvalue weighted by molar-refractivity contribution is 7.89. The molecule has 0 aliphatic carbocycles. The van der Waals surface area contributed by atoms with Crippen molar-refractivity contribution in [1.29, 1.82) is 0 Å². The number of carbonyl (C=O) groups excluding carboxylic acids is 1. The predicted octanol–water partition coefficient (Wildman–Crippen LogP) is 4.27. The molecule has 27 heavy (non-hydrogen) atoms. The number of anilines is 1. The van der Waals surface area contributed by atoms with Crippen molar-refractivity contribution in [3.63, 3.8) is 0 Å². The van der Waals surface area contributed by atoms with Crippen molar-refractivity contribution < 1.29 is 17.6 Å². The molecule has 9 heteroatoms. The minimum atomic E-state index is -3.78. The summed E-state index contributed by atoms with van der Waals surface area (Å²) in [6.45, 7) is 0.168. The molecule has 0 spiro atoms. The molecule has 0 bridgehead atoms. The Morgan fingerprint density at radius 3 is 2.63 bits per heavy atom. The Bertz CT molecular complexity index is 1070. The van der Waals surface area contributed by atoms with E-state index in [-0.39, 0.29) is 27.7 Å². The van der Waals surface area contributed by atoms with E-state index >= 15 is 0 Å². The van der Waals surface area contributed by atoms with Gasteiger partial charge in [-0.3, -0.25) is 4.79 Å². The summed E-state index contributed by atoms with van der Waals surface area (Å²) in [6, 6.07) is 12.8. The number of halogens is 2. The predicted molar refractivity (Wildman–Crippen MR) is 104 cm³/mol. The molecule has 0 atom stereocenters. The molecule has 1 aromatic heterocycles. The summed E-state index contributed by atoms with van der Waals surface area (Å²) in [6.07, 6.45) is 0. The van der Waals surface area contributed by atoms with Crippen molar-refractivity contribution in [2.75, 3.05) is 5.32 Å². The Morgan fingerprint density at radius 1 is 1.11 bits per heavy atom. The van der Waals surface area contributed by atoms with Gasteiger partial charge in [0.2, 0.25) is 10.0 Å². The third-order valence-electron chi connectivity index (χ3n) is 3.60. The quantitative estimate of drug-likeness (QED) is 0.620. The highest BCUT2D eigenvalue weighted by Gasteiger charge is 2.17. The van der Waals surface area contributed by atoms with Crippen LogP contribution in [0.25, 0.3) is 0 Å². The minimum Gasteiger partial charge on any atom is -0.321 e. The molecule has 3 rings (SSSR count). The molecule has 0 saturated carbocycles. The van der Waals surface area contributed by atoms with Crippen LogP contribution in [0.3, 0.4) is 0 Å². The van der Waals surface area contributed by atoms with Crippen LogP contribution in [0.5, 0.6) is 0 Å². The van der Waals surface area contributed by atoms with Gasteiger partial charge in [-0.25, -0.2) is 17.5 Å². The molecule has 1 amide bonds. The topological polar surface area (TPSA) is 75.3 Å². The van der Waals surface area contributed by atoms with Crippen LogP contribution >= 0.6 is 22.9 Å². The lowest BCUT2D eigenvalue weighted by atomic mass is 10.2. The zero-order valence-electron chi connectivity index (χ0n) is 13.8. The summed E-state index contributed by atoms with van der Waals surface area (Å²) in [5, 5.41) is 4.44. The fraction of sp³-hybridized carbons (Fsp3) is 0.0556. The summed E-state index contributed by atoms with van der Waals surface area (Å²) < 4.78 is 40.5. The first kappa shape index (κ1) is 19.5. The van der Waals surface area contributed by atoms with Gasteiger partial charge in [-0.05, 0) is 47.8 Å². The highest BCUT2D eigenvalue weighted by atomic mass is 35.5. The fourth-order valence-electron chi connectivity index (χ4n) is 2.25. The van der Waals surface area contributed by atoms with E-state index in [4.69, 9.17) is 11.6 Å². The smallest absolute Gasteiger partial charge is 0.255 e. The number of amides is 1. The molecular weight excluding hydrogens is 411 g/mol. The van der Waals surface area contributed by atoms with E-state index in [1.807, 2.05) is 17.5 Å². The monoisotopic (exact) mass is 424 g/mol. The van der Waals surface area contributed by atoms with Crippen LogP contribution in [0.4, 0.5) is 10.1 Å². The van der Waals surface area contributed by atoms with Crippen LogP contribution in [-0.4, -0.2) is 14.3 Å². The number of thiophene rings is 1. The fourth-order valence-corrected chi connectivity index (χ4v) is 4.25. The highest BCUT2D eigenvalue weighted by Crippen LogP contribution is 2.23. The first-order chi connectivity index (χ1) is 12.8. The van der Waals surface area contributed by atoms with E-state index in [9.17, 15) is 17.6 Å². The van der Waals surface area contributed by atoms with Crippen LogP contribution in [-0.2, 0) is 16.6 Å². The molecule has 1 heterocycles. The second kappa shape index (κ2) is 8.18. The summed E-state index contributed by atoms with van der Waals surface area (Å²) in [5.41, 5.74) is 0.363. The first-order valence-electron chi connectivity index (χ1n) is 7.74. The number of benzene rings is 2. The number of sulfonamides is 1. The lowest BCUT2D eigenvalue weighted by Crippen LogP contribution is -2.23. The van der Waals surface area contributed by atoms with Crippen molar-refractivity contribution in [1.82, 2.24) is 4.72 Å². The second-order valence-corrected chi connectivity index (χ2v) is 8.72. The van der Waals surface area contributed by atoms with Gasteiger partial charge in [0.15, 0.2) is 0 Å². The molecule has 0 fully saturated rings. The van der Waals surface area contributed by atoms with Gasteiger partial charge >= 0.3 is 0 Å². The van der Waals surface area contributed by atoms with Gasteiger partial charge in [-0.2, -0.15) is 0 Å². The molecule has 2 N–H and O–H groups in total. The summed E-state index contributed by atoms with van der Waals surface area (Å²) in [4.78, 5) is 13.2. The molecular formula is C18H14ClFN2O3S2.